The molecule has 0 bridgehead atoms. The zero-order valence-corrected chi connectivity index (χ0v) is 13.7. The standard InChI is InChI=1S/C19H15F2NOS/c1-12(24-14-9-10-16(20)17(21)11-14)19(23)22-18-8-4-6-13-5-2-3-7-15(13)18/h2-12H,1H3,(H,22,23)/t12-/m1/s1. The third-order valence-corrected chi connectivity index (χ3v) is 4.71. The molecule has 0 saturated carbocycles. The maximum absolute atomic E-state index is 13.3. The smallest absolute Gasteiger partial charge is 0.237 e. The predicted octanol–water partition coefficient (Wildman–Crippen LogP) is 5.24. The lowest BCUT2D eigenvalue weighted by Crippen LogP contribution is -2.22. The monoisotopic (exact) mass is 343 g/mol. The van der Waals surface area contributed by atoms with Crippen LogP contribution < -0.4 is 5.32 Å². The van der Waals surface area contributed by atoms with E-state index in [4.69, 9.17) is 0 Å². The second kappa shape index (κ2) is 7.01. The molecule has 0 aliphatic heterocycles. The highest BCUT2D eigenvalue weighted by Crippen LogP contribution is 2.27. The van der Waals surface area contributed by atoms with Gasteiger partial charge in [0.2, 0.25) is 5.91 Å². The van der Waals surface area contributed by atoms with Crippen molar-refractivity contribution in [2.24, 2.45) is 0 Å². The Morgan fingerprint density at radius 2 is 1.75 bits per heavy atom. The van der Waals surface area contributed by atoms with Crippen LogP contribution in [0.3, 0.4) is 0 Å². The number of rotatable bonds is 4. The van der Waals surface area contributed by atoms with Gasteiger partial charge in [-0.05, 0) is 36.6 Å². The van der Waals surface area contributed by atoms with Gasteiger partial charge in [-0.15, -0.1) is 11.8 Å². The largest absolute Gasteiger partial charge is 0.325 e. The van der Waals surface area contributed by atoms with Crippen molar-refractivity contribution < 1.29 is 13.6 Å². The van der Waals surface area contributed by atoms with Crippen molar-refractivity contribution >= 4 is 34.1 Å². The van der Waals surface area contributed by atoms with Gasteiger partial charge in [0.25, 0.3) is 0 Å². The first-order chi connectivity index (χ1) is 11.5. The number of fused-ring (bicyclic) bond motifs is 1. The minimum Gasteiger partial charge on any atom is -0.325 e. The molecule has 0 spiro atoms. The van der Waals surface area contributed by atoms with E-state index in [9.17, 15) is 13.6 Å². The molecule has 0 saturated heterocycles. The summed E-state index contributed by atoms with van der Waals surface area (Å²) in [6.07, 6.45) is 0. The predicted molar refractivity (Wildman–Crippen MR) is 94.3 cm³/mol. The lowest BCUT2D eigenvalue weighted by atomic mass is 10.1. The molecule has 3 rings (SSSR count). The molecule has 1 amide bonds. The van der Waals surface area contributed by atoms with Crippen LogP contribution >= 0.6 is 11.8 Å². The van der Waals surface area contributed by atoms with Gasteiger partial charge in [-0.2, -0.15) is 0 Å². The van der Waals surface area contributed by atoms with E-state index in [1.165, 1.54) is 17.8 Å². The molecular formula is C19H15F2NOS. The Morgan fingerprint density at radius 3 is 2.54 bits per heavy atom. The Morgan fingerprint density at radius 1 is 1.00 bits per heavy atom. The molecule has 24 heavy (non-hydrogen) atoms. The maximum Gasteiger partial charge on any atom is 0.237 e. The van der Waals surface area contributed by atoms with Crippen molar-refractivity contribution in [2.75, 3.05) is 5.32 Å². The maximum atomic E-state index is 13.3. The van der Waals surface area contributed by atoms with Gasteiger partial charge >= 0.3 is 0 Å². The number of benzene rings is 3. The highest BCUT2D eigenvalue weighted by Gasteiger charge is 2.16. The quantitative estimate of drug-likeness (QED) is 0.657. The first-order valence-corrected chi connectivity index (χ1v) is 8.33. The molecule has 0 heterocycles. The average molecular weight is 343 g/mol. The summed E-state index contributed by atoms with van der Waals surface area (Å²) in [5, 5.41) is 4.45. The molecule has 0 unspecified atom stereocenters. The second-order valence-corrected chi connectivity index (χ2v) is 6.77. The average Bonchev–Trinajstić information content (AvgIpc) is 2.58. The van der Waals surface area contributed by atoms with E-state index in [0.29, 0.717) is 4.90 Å². The fourth-order valence-electron chi connectivity index (χ4n) is 2.38. The number of hydrogen-bond donors (Lipinski definition) is 1. The van der Waals surface area contributed by atoms with Crippen LogP contribution in [-0.2, 0) is 4.79 Å². The topological polar surface area (TPSA) is 29.1 Å². The summed E-state index contributed by atoms with van der Waals surface area (Å²) >= 11 is 1.18. The van der Waals surface area contributed by atoms with Crippen LogP contribution in [0.5, 0.6) is 0 Å². The van der Waals surface area contributed by atoms with Gasteiger partial charge in [0, 0.05) is 16.0 Å². The first-order valence-electron chi connectivity index (χ1n) is 7.45. The number of carbonyl (C=O) groups excluding carboxylic acids is 1. The SMILES string of the molecule is C[C@@H](Sc1ccc(F)c(F)c1)C(=O)Nc1cccc2ccccc12. The highest BCUT2D eigenvalue weighted by molar-refractivity contribution is 8.00. The molecule has 122 valence electrons. The summed E-state index contributed by atoms with van der Waals surface area (Å²) in [5.41, 5.74) is 0.732. The van der Waals surface area contributed by atoms with E-state index >= 15 is 0 Å². The molecule has 1 atom stereocenters. The summed E-state index contributed by atoms with van der Waals surface area (Å²) in [4.78, 5) is 12.9. The number of halogens is 2. The lowest BCUT2D eigenvalue weighted by molar-refractivity contribution is -0.115. The third kappa shape index (κ3) is 3.57. The fraction of sp³-hybridized carbons (Fsp3) is 0.105. The van der Waals surface area contributed by atoms with Crippen LogP contribution in [0, 0.1) is 11.6 Å². The van der Waals surface area contributed by atoms with Gasteiger partial charge in [-0.3, -0.25) is 4.79 Å². The van der Waals surface area contributed by atoms with Crippen LogP contribution in [0.15, 0.2) is 65.6 Å². The second-order valence-electron chi connectivity index (χ2n) is 5.35. The van der Waals surface area contributed by atoms with E-state index < -0.39 is 16.9 Å². The van der Waals surface area contributed by atoms with Gasteiger partial charge in [0.15, 0.2) is 11.6 Å². The minimum absolute atomic E-state index is 0.193. The third-order valence-electron chi connectivity index (χ3n) is 3.62. The molecule has 3 aromatic rings. The molecule has 0 radical (unpaired) electrons. The van der Waals surface area contributed by atoms with Gasteiger partial charge in [-0.25, -0.2) is 8.78 Å². The van der Waals surface area contributed by atoms with Gasteiger partial charge < -0.3 is 5.32 Å². The van der Waals surface area contributed by atoms with E-state index in [1.807, 2.05) is 42.5 Å². The lowest BCUT2D eigenvalue weighted by Gasteiger charge is -2.13. The highest BCUT2D eigenvalue weighted by atomic mass is 32.2. The molecule has 1 N–H and O–H groups in total. The van der Waals surface area contributed by atoms with Gasteiger partial charge in [0.05, 0.1) is 5.25 Å². The van der Waals surface area contributed by atoms with Gasteiger partial charge in [0.1, 0.15) is 0 Å². The Bertz CT molecular complexity index is 892. The van der Waals surface area contributed by atoms with Crippen molar-refractivity contribution in [3.05, 3.63) is 72.3 Å². The van der Waals surface area contributed by atoms with Crippen molar-refractivity contribution in [3.63, 3.8) is 0 Å². The van der Waals surface area contributed by atoms with Crippen LogP contribution in [0.25, 0.3) is 10.8 Å². The molecular weight excluding hydrogens is 328 g/mol. The first kappa shape index (κ1) is 16.5. The van der Waals surface area contributed by atoms with Crippen molar-refractivity contribution in [1.29, 1.82) is 0 Å². The molecule has 0 fully saturated rings. The van der Waals surface area contributed by atoms with Gasteiger partial charge in [-0.1, -0.05) is 36.4 Å². The summed E-state index contributed by atoms with van der Waals surface area (Å²) < 4.78 is 26.2. The van der Waals surface area contributed by atoms with Crippen LogP contribution in [-0.4, -0.2) is 11.2 Å². The van der Waals surface area contributed by atoms with Crippen LogP contribution in [0.4, 0.5) is 14.5 Å². The number of anilines is 1. The molecule has 0 aliphatic rings. The van der Waals surface area contributed by atoms with Crippen LogP contribution in [0.2, 0.25) is 0 Å². The number of nitrogens with one attached hydrogen (secondary N) is 1. The summed E-state index contributed by atoms with van der Waals surface area (Å²) in [6, 6.07) is 17.1. The summed E-state index contributed by atoms with van der Waals surface area (Å²) in [6.45, 7) is 1.73. The Kier molecular flexibility index (Phi) is 4.81. The van der Waals surface area contributed by atoms with E-state index in [0.717, 1.165) is 28.6 Å². The number of amides is 1. The van der Waals surface area contributed by atoms with E-state index in [2.05, 4.69) is 5.32 Å². The molecule has 5 heteroatoms. The fourth-order valence-corrected chi connectivity index (χ4v) is 3.27. The molecule has 0 aliphatic carbocycles. The van der Waals surface area contributed by atoms with E-state index in [1.54, 1.807) is 6.92 Å². The molecule has 0 aromatic heterocycles. The Hall–Kier alpha value is -2.40. The zero-order chi connectivity index (χ0) is 17.1. The van der Waals surface area contributed by atoms with Crippen molar-refractivity contribution in [2.45, 2.75) is 17.1 Å². The Labute approximate surface area is 142 Å². The summed E-state index contributed by atoms with van der Waals surface area (Å²) in [7, 11) is 0. The molecule has 3 aromatic carbocycles. The van der Waals surface area contributed by atoms with Crippen LogP contribution in [0.1, 0.15) is 6.92 Å². The minimum atomic E-state index is -0.915. The normalized spacial score (nSPS) is 12.1. The Balaban J connectivity index is 1.75. The number of hydrogen-bond acceptors (Lipinski definition) is 2. The number of thioether (sulfide) groups is 1. The summed E-state index contributed by atoms with van der Waals surface area (Å²) in [5.74, 6) is -2.00. The van der Waals surface area contributed by atoms with Crippen molar-refractivity contribution in [1.82, 2.24) is 0 Å². The number of carbonyl (C=O) groups is 1. The molecule has 2 nitrogen and oxygen atoms in total. The van der Waals surface area contributed by atoms with E-state index in [-0.39, 0.29) is 5.91 Å². The van der Waals surface area contributed by atoms with Crippen molar-refractivity contribution in [3.8, 4) is 0 Å². The zero-order valence-electron chi connectivity index (χ0n) is 12.9.